The quantitative estimate of drug-likeness (QED) is 0.713. The molecule has 7 nitrogen and oxygen atoms in total. The highest BCUT2D eigenvalue weighted by Crippen LogP contribution is 2.31. The van der Waals surface area contributed by atoms with Crippen LogP contribution in [0.15, 0.2) is 42.5 Å². The second kappa shape index (κ2) is 9.64. The number of fused-ring (bicyclic) bond motifs is 1. The van der Waals surface area contributed by atoms with E-state index in [2.05, 4.69) is 19.2 Å². The number of carbonyl (C=O) groups is 3. The molecule has 0 bridgehead atoms. The van der Waals surface area contributed by atoms with Gasteiger partial charge in [0, 0.05) is 12.5 Å². The van der Waals surface area contributed by atoms with Gasteiger partial charge in [-0.3, -0.25) is 9.59 Å². The predicted molar refractivity (Wildman–Crippen MR) is 118 cm³/mol. The van der Waals surface area contributed by atoms with Crippen molar-refractivity contribution in [3.05, 3.63) is 53.6 Å². The average molecular weight is 424 g/mol. The number of amides is 2. The number of anilines is 2. The second-order valence-corrected chi connectivity index (χ2v) is 8.01. The lowest BCUT2D eigenvalue weighted by Crippen LogP contribution is -2.41. The van der Waals surface area contributed by atoms with Gasteiger partial charge in [-0.05, 0) is 49.1 Å². The van der Waals surface area contributed by atoms with Gasteiger partial charge < -0.3 is 19.7 Å². The zero-order valence-electron chi connectivity index (χ0n) is 18.3. The molecule has 0 unspecified atom stereocenters. The summed E-state index contributed by atoms with van der Waals surface area (Å²) in [5.41, 5.74) is 3.17. The zero-order chi connectivity index (χ0) is 22.5. The summed E-state index contributed by atoms with van der Waals surface area (Å²) in [4.78, 5) is 38.6. The normalized spacial score (nSPS) is 15.7. The van der Waals surface area contributed by atoms with Gasteiger partial charge in [-0.1, -0.05) is 38.1 Å². The van der Waals surface area contributed by atoms with Crippen molar-refractivity contribution in [3.63, 3.8) is 0 Å². The minimum Gasteiger partial charge on any atom is -0.482 e. The van der Waals surface area contributed by atoms with Crippen molar-refractivity contribution in [3.8, 4) is 5.75 Å². The number of carbonyl (C=O) groups excluding carboxylic acids is 3. The van der Waals surface area contributed by atoms with Crippen LogP contribution in [-0.2, 0) is 19.1 Å². The molecule has 0 aromatic heterocycles. The van der Waals surface area contributed by atoms with E-state index in [9.17, 15) is 14.4 Å². The molecule has 0 spiro atoms. The van der Waals surface area contributed by atoms with Crippen LogP contribution in [0.1, 0.15) is 44.2 Å². The lowest BCUT2D eigenvalue weighted by molar-refractivity contribution is -0.150. The molecule has 0 fully saturated rings. The van der Waals surface area contributed by atoms with Gasteiger partial charge in [0.25, 0.3) is 5.91 Å². The van der Waals surface area contributed by atoms with Gasteiger partial charge in [0.1, 0.15) is 5.75 Å². The maximum Gasteiger partial charge on any atom is 0.344 e. The molecule has 31 heavy (non-hydrogen) atoms. The fourth-order valence-corrected chi connectivity index (χ4v) is 3.49. The zero-order valence-corrected chi connectivity index (χ0v) is 18.3. The first-order chi connectivity index (χ1) is 14.8. The number of ether oxygens (including phenoxy) is 2. The Morgan fingerprint density at radius 2 is 1.90 bits per heavy atom. The van der Waals surface area contributed by atoms with Gasteiger partial charge in [0.2, 0.25) is 5.91 Å². The summed E-state index contributed by atoms with van der Waals surface area (Å²) in [6.07, 6.45) is 0.156. The topological polar surface area (TPSA) is 84.9 Å². The first kappa shape index (κ1) is 22.3. The fraction of sp³-hybridized carbons (Fsp3) is 0.375. The molecule has 164 valence electrons. The Balaban J connectivity index is 1.61. The monoisotopic (exact) mass is 424 g/mol. The molecule has 1 aliphatic heterocycles. The Kier molecular flexibility index (Phi) is 6.95. The SMILES string of the molecule is Cc1ccc(C(C)C)cc1OCC(=O)OCC(=O)N1c2ccccc2NC(=O)C[C@@H]1C. The Morgan fingerprint density at radius 1 is 1.16 bits per heavy atom. The van der Waals surface area contributed by atoms with E-state index in [-0.39, 0.29) is 25.0 Å². The van der Waals surface area contributed by atoms with Crippen molar-refractivity contribution in [2.75, 3.05) is 23.4 Å². The molecule has 0 radical (unpaired) electrons. The summed E-state index contributed by atoms with van der Waals surface area (Å²) in [5, 5.41) is 2.80. The van der Waals surface area contributed by atoms with E-state index in [0.717, 1.165) is 11.1 Å². The van der Waals surface area contributed by atoms with Gasteiger partial charge in [0.15, 0.2) is 13.2 Å². The van der Waals surface area contributed by atoms with E-state index in [4.69, 9.17) is 9.47 Å². The summed E-state index contributed by atoms with van der Waals surface area (Å²) in [6.45, 7) is 7.14. The number of para-hydroxylation sites is 2. The lowest BCUT2D eigenvalue weighted by Gasteiger charge is -2.27. The summed E-state index contributed by atoms with van der Waals surface area (Å²) in [6, 6.07) is 12.6. The highest BCUT2D eigenvalue weighted by atomic mass is 16.6. The molecule has 1 N–H and O–H groups in total. The molecule has 1 heterocycles. The minimum absolute atomic E-state index is 0.156. The highest BCUT2D eigenvalue weighted by molar-refractivity contribution is 6.05. The first-order valence-electron chi connectivity index (χ1n) is 10.4. The Labute approximate surface area is 182 Å². The number of nitrogens with one attached hydrogen (secondary N) is 1. The number of benzene rings is 2. The molecule has 0 saturated carbocycles. The number of nitrogens with zero attached hydrogens (tertiary/aromatic N) is 1. The summed E-state index contributed by atoms with van der Waals surface area (Å²) >= 11 is 0. The number of esters is 1. The predicted octanol–water partition coefficient (Wildman–Crippen LogP) is 3.80. The van der Waals surface area contributed by atoms with E-state index in [0.29, 0.717) is 23.0 Å². The Hall–Kier alpha value is -3.35. The first-order valence-corrected chi connectivity index (χ1v) is 10.4. The average Bonchev–Trinajstić information content (AvgIpc) is 2.85. The van der Waals surface area contributed by atoms with Crippen molar-refractivity contribution in [1.82, 2.24) is 0 Å². The maximum absolute atomic E-state index is 12.9. The summed E-state index contributed by atoms with van der Waals surface area (Å²) in [5.74, 6) is -0.239. The highest BCUT2D eigenvalue weighted by Gasteiger charge is 2.30. The van der Waals surface area contributed by atoms with Crippen molar-refractivity contribution >= 4 is 29.2 Å². The summed E-state index contributed by atoms with van der Waals surface area (Å²) < 4.78 is 10.8. The van der Waals surface area contributed by atoms with Crippen LogP contribution in [0.3, 0.4) is 0 Å². The molecule has 7 heteroatoms. The molecule has 2 aromatic rings. The molecular formula is C24H28N2O5. The van der Waals surface area contributed by atoms with E-state index < -0.39 is 18.5 Å². The van der Waals surface area contributed by atoms with Crippen LogP contribution in [0, 0.1) is 6.92 Å². The summed E-state index contributed by atoms with van der Waals surface area (Å²) in [7, 11) is 0. The van der Waals surface area contributed by atoms with E-state index in [1.807, 2.05) is 25.1 Å². The molecule has 1 aliphatic rings. The van der Waals surface area contributed by atoms with Crippen molar-refractivity contribution in [1.29, 1.82) is 0 Å². The molecule has 1 atom stereocenters. The fourth-order valence-electron chi connectivity index (χ4n) is 3.49. The van der Waals surface area contributed by atoms with Crippen LogP contribution in [0.2, 0.25) is 0 Å². The Bertz CT molecular complexity index is 986. The van der Waals surface area contributed by atoms with Crippen molar-refractivity contribution in [2.45, 2.75) is 46.1 Å². The van der Waals surface area contributed by atoms with Crippen LogP contribution < -0.4 is 15.0 Å². The van der Waals surface area contributed by atoms with Gasteiger partial charge in [0.05, 0.1) is 11.4 Å². The lowest BCUT2D eigenvalue weighted by atomic mass is 10.0. The van der Waals surface area contributed by atoms with Crippen molar-refractivity contribution in [2.24, 2.45) is 0 Å². The van der Waals surface area contributed by atoms with E-state index in [1.165, 1.54) is 4.90 Å². The van der Waals surface area contributed by atoms with Crippen molar-refractivity contribution < 1.29 is 23.9 Å². The molecule has 2 amide bonds. The second-order valence-electron chi connectivity index (χ2n) is 8.01. The Morgan fingerprint density at radius 3 is 2.65 bits per heavy atom. The van der Waals surface area contributed by atoms with Crippen LogP contribution in [0.4, 0.5) is 11.4 Å². The minimum atomic E-state index is -0.632. The standard InChI is InChI=1S/C24H28N2O5/c1-15(2)18-10-9-16(3)21(12-18)30-14-24(29)31-13-23(28)26-17(4)11-22(27)25-19-7-5-6-8-20(19)26/h5-10,12,15,17H,11,13-14H2,1-4H3,(H,25,27)/t17-/m0/s1. The third-order valence-electron chi connectivity index (χ3n) is 5.21. The maximum atomic E-state index is 12.9. The largest absolute Gasteiger partial charge is 0.482 e. The number of hydrogen-bond acceptors (Lipinski definition) is 5. The molecule has 2 aromatic carbocycles. The van der Waals surface area contributed by atoms with Gasteiger partial charge in [-0.15, -0.1) is 0 Å². The third kappa shape index (κ3) is 5.42. The molecule has 0 saturated heterocycles. The van der Waals surface area contributed by atoms with Crippen LogP contribution in [0.25, 0.3) is 0 Å². The van der Waals surface area contributed by atoms with Gasteiger partial charge >= 0.3 is 5.97 Å². The van der Waals surface area contributed by atoms with E-state index >= 15 is 0 Å². The third-order valence-corrected chi connectivity index (χ3v) is 5.21. The smallest absolute Gasteiger partial charge is 0.344 e. The number of hydrogen-bond donors (Lipinski definition) is 1. The molecule has 0 aliphatic carbocycles. The molecule has 3 rings (SSSR count). The van der Waals surface area contributed by atoms with Gasteiger partial charge in [-0.2, -0.15) is 0 Å². The van der Waals surface area contributed by atoms with Crippen LogP contribution >= 0.6 is 0 Å². The molecular weight excluding hydrogens is 396 g/mol. The number of aryl methyl sites for hydroxylation is 1. The van der Waals surface area contributed by atoms with Crippen LogP contribution in [-0.4, -0.2) is 37.0 Å². The van der Waals surface area contributed by atoms with Crippen LogP contribution in [0.5, 0.6) is 5.75 Å². The number of rotatable bonds is 6. The van der Waals surface area contributed by atoms with E-state index in [1.54, 1.807) is 31.2 Å². The van der Waals surface area contributed by atoms with Gasteiger partial charge in [-0.25, -0.2) is 4.79 Å².